The Morgan fingerprint density at radius 3 is 2.76 bits per heavy atom. The molecule has 4 heterocycles. The summed E-state index contributed by atoms with van der Waals surface area (Å²) < 4.78 is 5.54. The standard InChI is InChI=1S/C20H26N4O/c1-15-3-2-4-19(22-15)23-20-13-17(5-9-21-20)16-6-10-24(11-7-16)18-8-12-25-14-18/h2-5,9,13,16,18H,6-8,10-12,14H2,1H3,(H,21,22,23)/t18-/m0/s1. The maximum Gasteiger partial charge on any atom is 0.131 e. The maximum atomic E-state index is 5.54. The first-order valence-electron chi connectivity index (χ1n) is 9.26. The second-order valence-electron chi connectivity index (χ2n) is 7.09. The third kappa shape index (κ3) is 3.99. The Bertz CT molecular complexity index is 706. The Morgan fingerprint density at radius 1 is 1.12 bits per heavy atom. The predicted octanol–water partition coefficient (Wildman–Crippen LogP) is 3.50. The Labute approximate surface area is 149 Å². The molecule has 1 atom stereocenters. The summed E-state index contributed by atoms with van der Waals surface area (Å²) in [7, 11) is 0. The van der Waals surface area contributed by atoms with Crippen LogP contribution in [0.2, 0.25) is 0 Å². The molecule has 0 saturated carbocycles. The smallest absolute Gasteiger partial charge is 0.131 e. The van der Waals surface area contributed by atoms with Crippen LogP contribution >= 0.6 is 0 Å². The lowest BCUT2D eigenvalue weighted by Crippen LogP contribution is -2.41. The average Bonchev–Trinajstić information content (AvgIpc) is 3.17. The summed E-state index contributed by atoms with van der Waals surface area (Å²) in [6.07, 6.45) is 5.52. The number of aromatic nitrogens is 2. The highest BCUT2D eigenvalue weighted by Crippen LogP contribution is 2.31. The molecule has 2 aromatic rings. The van der Waals surface area contributed by atoms with E-state index in [2.05, 4.69) is 32.3 Å². The van der Waals surface area contributed by atoms with Crippen LogP contribution < -0.4 is 5.32 Å². The van der Waals surface area contributed by atoms with Crippen LogP contribution in [0.5, 0.6) is 0 Å². The number of hydrogen-bond donors (Lipinski definition) is 1. The molecule has 0 amide bonds. The lowest BCUT2D eigenvalue weighted by Gasteiger charge is -2.35. The number of hydrogen-bond acceptors (Lipinski definition) is 5. The SMILES string of the molecule is Cc1cccc(Nc2cc(C3CCN([C@H]4CCOC4)CC3)ccn2)n1. The number of nitrogens with one attached hydrogen (secondary N) is 1. The second-order valence-corrected chi connectivity index (χ2v) is 7.09. The van der Waals surface area contributed by atoms with E-state index in [9.17, 15) is 0 Å². The summed E-state index contributed by atoms with van der Waals surface area (Å²) in [6.45, 7) is 6.18. The number of aryl methyl sites for hydroxylation is 1. The summed E-state index contributed by atoms with van der Waals surface area (Å²) in [4.78, 5) is 11.6. The Morgan fingerprint density at radius 2 is 2.00 bits per heavy atom. The number of likely N-dealkylation sites (tertiary alicyclic amines) is 1. The van der Waals surface area contributed by atoms with Crippen molar-refractivity contribution < 1.29 is 4.74 Å². The van der Waals surface area contributed by atoms with Crippen LogP contribution in [0.4, 0.5) is 11.6 Å². The van der Waals surface area contributed by atoms with Gasteiger partial charge in [0, 0.05) is 24.5 Å². The van der Waals surface area contributed by atoms with Crippen LogP contribution in [0.25, 0.3) is 0 Å². The van der Waals surface area contributed by atoms with Gasteiger partial charge in [0.1, 0.15) is 11.6 Å². The van der Waals surface area contributed by atoms with Gasteiger partial charge in [-0.05, 0) is 75.0 Å². The Kier molecular flexibility index (Phi) is 4.95. The predicted molar refractivity (Wildman–Crippen MR) is 99.3 cm³/mol. The van der Waals surface area contributed by atoms with E-state index >= 15 is 0 Å². The molecule has 25 heavy (non-hydrogen) atoms. The number of ether oxygens (including phenoxy) is 1. The van der Waals surface area contributed by atoms with Crippen molar-refractivity contribution in [3.8, 4) is 0 Å². The van der Waals surface area contributed by atoms with Crippen LogP contribution in [-0.2, 0) is 4.74 Å². The molecule has 0 radical (unpaired) electrons. The van der Waals surface area contributed by atoms with Crippen molar-refractivity contribution in [2.45, 2.75) is 38.1 Å². The van der Waals surface area contributed by atoms with E-state index in [1.807, 2.05) is 31.3 Å². The molecule has 2 saturated heterocycles. The number of pyridine rings is 2. The van der Waals surface area contributed by atoms with Crippen molar-refractivity contribution in [2.75, 3.05) is 31.6 Å². The monoisotopic (exact) mass is 338 g/mol. The molecule has 0 aliphatic carbocycles. The fourth-order valence-corrected chi connectivity index (χ4v) is 3.92. The number of piperidine rings is 1. The molecule has 2 aromatic heterocycles. The Balaban J connectivity index is 1.40. The van der Waals surface area contributed by atoms with Gasteiger partial charge in [-0.3, -0.25) is 4.90 Å². The van der Waals surface area contributed by atoms with Crippen molar-refractivity contribution in [2.24, 2.45) is 0 Å². The largest absolute Gasteiger partial charge is 0.380 e. The van der Waals surface area contributed by atoms with Gasteiger partial charge in [0.25, 0.3) is 0 Å². The topological polar surface area (TPSA) is 50.3 Å². The van der Waals surface area contributed by atoms with E-state index in [0.717, 1.165) is 30.5 Å². The van der Waals surface area contributed by atoms with Crippen LogP contribution in [0.3, 0.4) is 0 Å². The Hall–Kier alpha value is -1.98. The molecule has 1 N–H and O–H groups in total. The molecular weight excluding hydrogens is 312 g/mol. The molecular formula is C20H26N4O. The molecule has 0 spiro atoms. The van der Waals surface area contributed by atoms with Gasteiger partial charge in [-0.1, -0.05) is 6.07 Å². The van der Waals surface area contributed by atoms with E-state index in [1.54, 1.807) is 0 Å². The zero-order valence-corrected chi connectivity index (χ0v) is 14.8. The van der Waals surface area contributed by atoms with Gasteiger partial charge in [-0.2, -0.15) is 0 Å². The number of anilines is 2. The van der Waals surface area contributed by atoms with Crippen LogP contribution in [0.15, 0.2) is 36.5 Å². The molecule has 2 aliphatic rings. The van der Waals surface area contributed by atoms with Gasteiger partial charge in [-0.25, -0.2) is 9.97 Å². The van der Waals surface area contributed by atoms with E-state index in [-0.39, 0.29) is 0 Å². The van der Waals surface area contributed by atoms with Gasteiger partial charge in [0.05, 0.1) is 6.61 Å². The fourth-order valence-electron chi connectivity index (χ4n) is 3.92. The summed E-state index contributed by atoms with van der Waals surface area (Å²) in [6, 6.07) is 11.0. The molecule has 5 nitrogen and oxygen atoms in total. The van der Waals surface area contributed by atoms with Crippen LogP contribution in [0.1, 0.15) is 36.4 Å². The summed E-state index contributed by atoms with van der Waals surface area (Å²) in [5.41, 5.74) is 2.39. The minimum Gasteiger partial charge on any atom is -0.380 e. The summed E-state index contributed by atoms with van der Waals surface area (Å²) in [5, 5.41) is 3.33. The van der Waals surface area contributed by atoms with Gasteiger partial charge in [0.2, 0.25) is 0 Å². The first kappa shape index (κ1) is 16.5. The lowest BCUT2D eigenvalue weighted by molar-refractivity contribution is 0.122. The highest BCUT2D eigenvalue weighted by molar-refractivity contribution is 5.52. The van der Waals surface area contributed by atoms with Gasteiger partial charge >= 0.3 is 0 Å². The lowest BCUT2D eigenvalue weighted by atomic mass is 9.89. The van der Waals surface area contributed by atoms with E-state index in [0.29, 0.717) is 12.0 Å². The summed E-state index contributed by atoms with van der Waals surface area (Å²) >= 11 is 0. The minimum atomic E-state index is 0.618. The molecule has 2 aliphatic heterocycles. The number of nitrogens with zero attached hydrogens (tertiary/aromatic N) is 3. The summed E-state index contributed by atoms with van der Waals surface area (Å²) in [5.74, 6) is 2.34. The molecule has 0 unspecified atom stereocenters. The van der Waals surface area contributed by atoms with Gasteiger partial charge < -0.3 is 10.1 Å². The molecule has 0 bridgehead atoms. The van der Waals surface area contributed by atoms with Crippen molar-refractivity contribution in [1.29, 1.82) is 0 Å². The first-order valence-corrected chi connectivity index (χ1v) is 9.26. The molecule has 132 valence electrons. The maximum absolute atomic E-state index is 5.54. The second kappa shape index (κ2) is 7.50. The van der Waals surface area contributed by atoms with E-state index < -0.39 is 0 Å². The van der Waals surface area contributed by atoms with Crippen molar-refractivity contribution in [3.05, 3.63) is 47.8 Å². The quantitative estimate of drug-likeness (QED) is 0.925. The zero-order valence-electron chi connectivity index (χ0n) is 14.8. The van der Waals surface area contributed by atoms with E-state index in [4.69, 9.17) is 4.74 Å². The third-order valence-electron chi connectivity index (χ3n) is 5.35. The molecule has 2 fully saturated rings. The third-order valence-corrected chi connectivity index (χ3v) is 5.35. The van der Waals surface area contributed by atoms with Gasteiger partial charge in [0.15, 0.2) is 0 Å². The molecule has 4 rings (SSSR count). The highest BCUT2D eigenvalue weighted by Gasteiger charge is 2.28. The average molecular weight is 338 g/mol. The van der Waals surface area contributed by atoms with E-state index in [1.165, 1.54) is 37.9 Å². The fraction of sp³-hybridized carbons (Fsp3) is 0.500. The van der Waals surface area contributed by atoms with Crippen molar-refractivity contribution in [3.63, 3.8) is 0 Å². The first-order chi connectivity index (χ1) is 12.3. The van der Waals surface area contributed by atoms with Crippen LogP contribution in [0, 0.1) is 6.92 Å². The minimum absolute atomic E-state index is 0.618. The van der Waals surface area contributed by atoms with Crippen LogP contribution in [-0.4, -0.2) is 47.2 Å². The highest BCUT2D eigenvalue weighted by atomic mass is 16.5. The van der Waals surface area contributed by atoms with Gasteiger partial charge in [-0.15, -0.1) is 0 Å². The molecule has 0 aromatic carbocycles. The normalized spacial score (nSPS) is 22.2. The zero-order chi connectivity index (χ0) is 17.1. The molecule has 5 heteroatoms. The number of rotatable bonds is 4. The van der Waals surface area contributed by atoms with Crippen molar-refractivity contribution >= 4 is 11.6 Å². The van der Waals surface area contributed by atoms with Crippen molar-refractivity contribution in [1.82, 2.24) is 14.9 Å².